The number of carbonyl (C=O) groups excluding carboxylic acids is 1. The van der Waals surface area contributed by atoms with Crippen LogP contribution < -0.4 is 16.5 Å². The molecule has 0 aliphatic rings. The Bertz CT molecular complexity index is 887. The van der Waals surface area contributed by atoms with Crippen LogP contribution in [0.5, 0.6) is 0 Å². The van der Waals surface area contributed by atoms with Gasteiger partial charge in [-0.25, -0.2) is 0 Å². The van der Waals surface area contributed by atoms with E-state index in [0.29, 0.717) is 11.3 Å². The van der Waals surface area contributed by atoms with Gasteiger partial charge in [-0.1, -0.05) is 42.5 Å². The fourth-order valence-electron chi connectivity index (χ4n) is 2.36. The molecule has 0 saturated carbocycles. The highest BCUT2D eigenvalue weighted by molar-refractivity contribution is 7.80. The average molecular weight is 365 g/mol. The van der Waals surface area contributed by atoms with Crippen molar-refractivity contribution in [2.75, 3.05) is 5.32 Å². The molecule has 1 unspecified atom stereocenters. The Morgan fingerprint density at radius 1 is 1.23 bits per heavy atom. The molecule has 0 aliphatic carbocycles. The van der Waals surface area contributed by atoms with Gasteiger partial charge in [-0.3, -0.25) is 10.2 Å². The van der Waals surface area contributed by atoms with Crippen LogP contribution in [0.3, 0.4) is 0 Å². The summed E-state index contributed by atoms with van der Waals surface area (Å²) in [5.41, 5.74) is 11.0. The van der Waals surface area contributed by atoms with Crippen LogP contribution in [0.25, 0.3) is 0 Å². The first-order chi connectivity index (χ1) is 12.4. The smallest absolute Gasteiger partial charge is 0.273 e. The van der Waals surface area contributed by atoms with Crippen molar-refractivity contribution in [2.24, 2.45) is 10.8 Å². The van der Waals surface area contributed by atoms with E-state index in [1.54, 1.807) is 24.3 Å². The largest absolute Gasteiger partial charge is 0.375 e. The zero-order valence-corrected chi connectivity index (χ0v) is 15.3. The summed E-state index contributed by atoms with van der Waals surface area (Å²) in [6, 6.07) is 16.8. The zero-order valence-electron chi connectivity index (χ0n) is 14.5. The number of thiocarbonyl (C=S) groups is 1. The van der Waals surface area contributed by atoms with Crippen LogP contribution in [0.2, 0.25) is 0 Å². The average Bonchev–Trinajstić information content (AvgIpc) is 2.62. The second kappa shape index (κ2) is 8.74. The van der Waals surface area contributed by atoms with Gasteiger partial charge in [-0.15, -0.1) is 0 Å². The molecule has 1 atom stereocenters. The summed E-state index contributed by atoms with van der Waals surface area (Å²) in [6.45, 7) is 3.82. The molecule has 6 nitrogen and oxygen atoms in total. The number of hydrogen-bond donors (Lipinski definition) is 3. The summed E-state index contributed by atoms with van der Waals surface area (Å²) in [5.74, 6) is -1.37. The maximum absolute atomic E-state index is 12.8. The molecule has 0 bridgehead atoms. The van der Waals surface area contributed by atoms with Crippen molar-refractivity contribution in [3.8, 4) is 6.07 Å². The van der Waals surface area contributed by atoms with E-state index in [4.69, 9.17) is 18.0 Å². The fraction of sp³-hybridized carbons (Fsp3) is 0.158. The Balaban J connectivity index is 2.39. The third-order valence-electron chi connectivity index (χ3n) is 3.70. The molecule has 0 radical (unpaired) electrons. The number of nitriles is 1. The number of anilines is 1. The molecule has 1 amide bonds. The van der Waals surface area contributed by atoms with Crippen molar-refractivity contribution >= 4 is 34.6 Å². The van der Waals surface area contributed by atoms with Crippen LogP contribution >= 0.6 is 12.2 Å². The summed E-state index contributed by atoms with van der Waals surface area (Å²) in [5, 5.41) is 16.3. The number of carbonyl (C=O) groups is 1. The molecule has 132 valence electrons. The molecular formula is C19H19N5OS. The van der Waals surface area contributed by atoms with Gasteiger partial charge in [0.05, 0.1) is 6.07 Å². The molecule has 7 heteroatoms. The number of benzene rings is 2. The van der Waals surface area contributed by atoms with Gasteiger partial charge in [0.1, 0.15) is 11.6 Å². The Hall–Kier alpha value is -3.24. The summed E-state index contributed by atoms with van der Waals surface area (Å²) in [7, 11) is 0. The number of hydrazone groups is 1. The highest BCUT2D eigenvalue weighted by Gasteiger charge is 2.25. The van der Waals surface area contributed by atoms with Crippen molar-refractivity contribution in [1.82, 2.24) is 5.43 Å². The van der Waals surface area contributed by atoms with E-state index in [0.717, 1.165) is 11.1 Å². The van der Waals surface area contributed by atoms with Crippen LogP contribution in [-0.2, 0) is 4.79 Å². The molecule has 4 N–H and O–H groups in total. The Morgan fingerprint density at radius 3 is 2.54 bits per heavy atom. The van der Waals surface area contributed by atoms with Crippen LogP contribution in [0.4, 0.5) is 5.69 Å². The highest BCUT2D eigenvalue weighted by atomic mass is 32.1. The molecular weight excluding hydrogens is 346 g/mol. The van der Waals surface area contributed by atoms with E-state index in [-0.39, 0.29) is 10.8 Å². The third-order valence-corrected chi connectivity index (χ3v) is 3.79. The number of nitrogens with zero attached hydrogens (tertiary/aromatic N) is 2. The van der Waals surface area contributed by atoms with E-state index in [2.05, 4.69) is 21.9 Å². The number of rotatable bonds is 5. The summed E-state index contributed by atoms with van der Waals surface area (Å²) in [6.07, 6.45) is 0. The van der Waals surface area contributed by atoms with E-state index in [9.17, 15) is 10.1 Å². The minimum atomic E-state index is -0.872. The lowest BCUT2D eigenvalue weighted by Gasteiger charge is -2.15. The van der Waals surface area contributed by atoms with Gasteiger partial charge < -0.3 is 11.1 Å². The summed E-state index contributed by atoms with van der Waals surface area (Å²) in [4.78, 5) is 12.8. The number of amides is 1. The monoisotopic (exact) mass is 365 g/mol. The fourth-order valence-corrected chi connectivity index (χ4v) is 2.40. The van der Waals surface area contributed by atoms with Gasteiger partial charge in [0.2, 0.25) is 0 Å². The van der Waals surface area contributed by atoms with Gasteiger partial charge >= 0.3 is 0 Å². The van der Waals surface area contributed by atoms with Crippen LogP contribution in [0.15, 0.2) is 53.6 Å². The van der Waals surface area contributed by atoms with E-state index in [1.165, 1.54) is 0 Å². The Labute approximate surface area is 157 Å². The van der Waals surface area contributed by atoms with Crippen LogP contribution in [0.1, 0.15) is 22.6 Å². The van der Waals surface area contributed by atoms with Crippen LogP contribution in [0, 0.1) is 25.2 Å². The Kier molecular flexibility index (Phi) is 6.42. The SMILES string of the molecule is Cc1ccc(C)c(NC(=O)/C(=N/NC(N)=S)C(C#N)c2ccccc2)c1. The molecule has 0 saturated heterocycles. The second-order valence-corrected chi connectivity index (χ2v) is 6.16. The first kappa shape index (κ1) is 19.1. The molecule has 2 aromatic rings. The van der Waals surface area contributed by atoms with Crippen molar-refractivity contribution in [1.29, 1.82) is 5.26 Å². The number of aryl methyl sites for hydroxylation is 2. The molecule has 0 aliphatic heterocycles. The minimum absolute atomic E-state index is 0.0209. The van der Waals surface area contributed by atoms with Crippen molar-refractivity contribution in [3.05, 3.63) is 65.2 Å². The molecule has 0 aromatic heterocycles. The topological polar surface area (TPSA) is 103 Å². The lowest BCUT2D eigenvalue weighted by atomic mass is 9.95. The molecule has 2 aromatic carbocycles. The normalized spacial score (nSPS) is 12.0. The lowest BCUT2D eigenvalue weighted by molar-refractivity contribution is -0.110. The molecule has 0 spiro atoms. The predicted molar refractivity (Wildman–Crippen MR) is 107 cm³/mol. The van der Waals surface area contributed by atoms with Gasteiger partial charge in [-0.2, -0.15) is 10.4 Å². The minimum Gasteiger partial charge on any atom is -0.375 e. The maximum Gasteiger partial charge on any atom is 0.273 e. The third kappa shape index (κ3) is 4.88. The van der Waals surface area contributed by atoms with Gasteiger partial charge in [0, 0.05) is 5.69 Å². The van der Waals surface area contributed by atoms with Crippen molar-refractivity contribution in [3.63, 3.8) is 0 Å². The predicted octanol–water partition coefficient (Wildman–Crippen LogP) is 2.74. The summed E-state index contributed by atoms with van der Waals surface area (Å²) < 4.78 is 0. The van der Waals surface area contributed by atoms with Crippen molar-refractivity contribution in [2.45, 2.75) is 19.8 Å². The highest BCUT2D eigenvalue weighted by Crippen LogP contribution is 2.20. The number of nitrogens with two attached hydrogens (primary N) is 1. The van der Waals surface area contributed by atoms with Gasteiger partial charge in [-0.05, 0) is 48.8 Å². The van der Waals surface area contributed by atoms with E-state index < -0.39 is 11.8 Å². The standard InChI is InChI=1S/C19H19N5OS/c1-12-8-9-13(2)16(10-12)22-18(25)17(23-24-19(21)26)15(11-20)14-6-4-3-5-7-14/h3-10,15H,1-2H3,(H,22,25)(H3,21,24,26)/b23-17+. The van der Waals surface area contributed by atoms with Gasteiger partial charge in [0.25, 0.3) is 5.91 Å². The van der Waals surface area contributed by atoms with Crippen molar-refractivity contribution < 1.29 is 4.79 Å². The molecule has 0 fully saturated rings. The first-order valence-electron chi connectivity index (χ1n) is 7.88. The lowest BCUT2D eigenvalue weighted by Crippen LogP contribution is -2.33. The van der Waals surface area contributed by atoms with Crippen LogP contribution in [-0.4, -0.2) is 16.7 Å². The number of hydrogen-bond acceptors (Lipinski definition) is 4. The zero-order chi connectivity index (χ0) is 19.1. The quantitative estimate of drug-likeness (QED) is 0.429. The molecule has 2 rings (SSSR count). The first-order valence-corrected chi connectivity index (χ1v) is 8.29. The van der Waals surface area contributed by atoms with Gasteiger partial charge in [0.15, 0.2) is 5.11 Å². The molecule has 26 heavy (non-hydrogen) atoms. The van der Waals surface area contributed by atoms with E-state index >= 15 is 0 Å². The number of nitrogens with one attached hydrogen (secondary N) is 2. The maximum atomic E-state index is 12.8. The molecule has 0 heterocycles. The Morgan fingerprint density at radius 2 is 1.92 bits per heavy atom. The second-order valence-electron chi connectivity index (χ2n) is 5.72. The summed E-state index contributed by atoms with van der Waals surface area (Å²) >= 11 is 4.75. The van der Waals surface area contributed by atoms with E-state index in [1.807, 2.05) is 38.1 Å².